The maximum absolute atomic E-state index is 5.10. The molecule has 0 unspecified atom stereocenters. The third-order valence-corrected chi connectivity index (χ3v) is 1.54. The zero-order chi connectivity index (χ0) is 6.95. The van der Waals surface area contributed by atoms with Crippen molar-refractivity contribution in [2.45, 2.75) is 32.6 Å². The molecule has 0 aliphatic heterocycles. The van der Waals surface area contributed by atoms with Crippen molar-refractivity contribution in [3.05, 3.63) is 0 Å². The molecule has 0 spiro atoms. The lowest BCUT2D eigenvalue weighted by molar-refractivity contribution is 0.180. The Kier molecular flexibility index (Phi) is 8.85. The number of ether oxygens (including phenoxy) is 1. The van der Waals surface area contributed by atoms with Crippen molar-refractivity contribution < 1.29 is 4.74 Å². The minimum atomic E-state index is 0.680. The molecule has 0 atom stereocenters. The van der Waals surface area contributed by atoms with Crippen LogP contribution in [0.3, 0.4) is 0 Å². The van der Waals surface area contributed by atoms with Crippen molar-refractivity contribution >= 4 is 15.9 Å². The van der Waals surface area contributed by atoms with Gasteiger partial charge < -0.3 is 4.74 Å². The molecule has 0 aliphatic carbocycles. The molecular weight excluding hydrogens is 180 g/mol. The van der Waals surface area contributed by atoms with Gasteiger partial charge in [-0.2, -0.15) is 0 Å². The summed E-state index contributed by atoms with van der Waals surface area (Å²) in [7, 11) is 0. The van der Waals surface area contributed by atoms with Gasteiger partial charge in [-0.05, 0) is 6.42 Å². The highest BCUT2D eigenvalue weighted by Crippen LogP contribution is 1.98. The summed E-state index contributed by atoms with van der Waals surface area (Å²) < 4.78 is 5.10. The Balaban J connectivity index is 2.60. The summed E-state index contributed by atoms with van der Waals surface area (Å²) in [6, 6.07) is 0. The second kappa shape index (κ2) is 8.44. The van der Waals surface area contributed by atoms with Crippen LogP contribution in [0.25, 0.3) is 0 Å². The van der Waals surface area contributed by atoms with Crippen molar-refractivity contribution in [1.29, 1.82) is 0 Å². The molecule has 0 radical (unpaired) electrons. The summed E-state index contributed by atoms with van der Waals surface area (Å²) in [5, 5.41) is 0. The van der Waals surface area contributed by atoms with E-state index in [1.165, 1.54) is 25.7 Å². The van der Waals surface area contributed by atoms with Crippen molar-refractivity contribution in [2.75, 3.05) is 12.1 Å². The van der Waals surface area contributed by atoms with E-state index in [9.17, 15) is 0 Å². The van der Waals surface area contributed by atoms with E-state index in [1.54, 1.807) is 0 Å². The fourth-order valence-corrected chi connectivity index (χ4v) is 0.914. The molecule has 0 aromatic heterocycles. The highest BCUT2D eigenvalue weighted by atomic mass is 79.9. The summed E-state index contributed by atoms with van der Waals surface area (Å²) in [5.41, 5.74) is 0.680. The molecule has 1 nitrogen and oxygen atoms in total. The van der Waals surface area contributed by atoms with Gasteiger partial charge in [-0.3, -0.25) is 0 Å². The molecule has 0 saturated heterocycles. The molecule has 0 heterocycles. The Labute approximate surface area is 65.9 Å². The van der Waals surface area contributed by atoms with Crippen LogP contribution < -0.4 is 0 Å². The van der Waals surface area contributed by atoms with Crippen LogP contribution in [0.1, 0.15) is 32.6 Å². The summed E-state index contributed by atoms with van der Waals surface area (Å²) in [5.74, 6) is 0. The van der Waals surface area contributed by atoms with Crippen LogP contribution in [0.15, 0.2) is 0 Å². The van der Waals surface area contributed by atoms with Gasteiger partial charge in [0.25, 0.3) is 0 Å². The maximum Gasteiger partial charge on any atom is 0.101 e. The predicted octanol–water partition coefficient (Wildman–Crippen LogP) is 2.94. The summed E-state index contributed by atoms with van der Waals surface area (Å²) in [4.78, 5) is 0. The van der Waals surface area contributed by atoms with Gasteiger partial charge >= 0.3 is 0 Å². The van der Waals surface area contributed by atoms with Gasteiger partial charge in [0, 0.05) is 6.61 Å². The Morgan fingerprint density at radius 1 is 1.22 bits per heavy atom. The molecule has 0 rings (SSSR count). The summed E-state index contributed by atoms with van der Waals surface area (Å²) >= 11 is 3.20. The van der Waals surface area contributed by atoms with Crippen LogP contribution >= 0.6 is 15.9 Å². The van der Waals surface area contributed by atoms with E-state index in [0.717, 1.165) is 6.61 Å². The smallest absolute Gasteiger partial charge is 0.101 e. The van der Waals surface area contributed by atoms with Gasteiger partial charge in [0.1, 0.15) is 5.52 Å². The second-order valence-corrected chi connectivity index (χ2v) is 2.54. The van der Waals surface area contributed by atoms with E-state index in [1.807, 2.05) is 0 Å². The van der Waals surface area contributed by atoms with Crippen LogP contribution in [-0.2, 0) is 4.74 Å². The number of alkyl halides is 1. The topological polar surface area (TPSA) is 9.23 Å². The number of halogens is 1. The highest BCUT2D eigenvalue weighted by molar-refractivity contribution is 9.09. The van der Waals surface area contributed by atoms with Crippen molar-refractivity contribution in [1.82, 2.24) is 0 Å². The third-order valence-electron chi connectivity index (χ3n) is 1.22. The molecule has 2 heteroatoms. The van der Waals surface area contributed by atoms with Gasteiger partial charge in [0.05, 0.1) is 0 Å². The Morgan fingerprint density at radius 2 is 2.00 bits per heavy atom. The lowest BCUT2D eigenvalue weighted by Gasteiger charge is -1.97. The maximum atomic E-state index is 5.10. The minimum absolute atomic E-state index is 0.680. The Bertz CT molecular complexity index is 42.2. The zero-order valence-electron chi connectivity index (χ0n) is 6.03. The van der Waals surface area contributed by atoms with Gasteiger partial charge in [-0.1, -0.05) is 42.1 Å². The lowest BCUT2D eigenvalue weighted by Crippen LogP contribution is -1.90. The number of hydrogen-bond acceptors (Lipinski definition) is 1. The number of rotatable bonds is 6. The van der Waals surface area contributed by atoms with E-state index < -0.39 is 0 Å². The minimum Gasteiger partial charge on any atom is -0.370 e. The molecule has 0 aromatic carbocycles. The average molecular weight is 195 g/mol. The Morgan fingerprint density at radius 3 is 2.56 bits per heavy atom. The lowest BCUT2D eigenvalue weighted by atomic mass is 10.2. The van der Waals surface area contributed by atoms with E-state index in [2.05, 4.69) is 22.9 Å². The molecule has 0 aliphatic rings. The molecule has 0 bridgehead atoms. The second-order valence-electron chi connectivity index (χ2n) is 2.08. The van der Waals surface area contributed by atoms with Crippen LogP contribution in [0.5, 0.6) is 0 Å². The SMILES string of the molecule is CCCCCCOCBr. The van der Waals surface area contributed by atoms with Gasteiger partial charge in [-0.15, -0.1) is 0 Å². The van der Waals surface area contributed by atoms with Crippen molar-refractivity contribution in [2.24, 2.45) is 0 Å². The molecule has 0 fully saturated rings. The molecule has 0 saturated carbocycles. The van der Waals surface area contributed by atoms with E-state index in [-0.39, 0.29) is 0 Å². The molecule has 0 amide bonds. The van der Waals surface area contributed by atoms with E-state index in [4.69, 9.17) is 4.74 Å². The standard InChI is InChI=1S/C7H15BrO/c1-2-3-4-5-6-9-7-8/h2-7H2,1H3. The van der Waals surface area contributed by atoms with E-state index >= 15 is 0 Å². The molecule has 56 valence electrons. The summed E-state index contributed by atoms with van der Waals surface area (Å²) in [6.07, 6.45) is 5.16. The van der Waals surface area contributed by atoms with Crippen LogP contribution in [0.4, 0.5) is 0 Å². The first kappa shape index (κ1) is 9.44. The van der Waals surface area contributed by atoms with Crippen LogP contribution in [0, 0.1) is 0 Å². The van der Waals surface area contributed by atoms with Gasteiger partial charge in [0.15, 0.2) is 0 Å². The van der Waals surface area contributed by atoms with Crippen LogP contribution in [-0.4, -0.2) is 12.1 Å². The molecular formula is C7H15BrO. The van der Waals surface area contributed by atoms with Crippen molar-refractivity contribution in [3.8, 4) is 0 Å². The fraction of sp³-hybridized carbons (Fsp3) is 1.00. The summed E-state index contributed by atoms with van der Waals surface area (Å²) in [6.45, 7) is 3.12. The molecule has 0 N–H and O–H groups in total. The number of unbranched alkanes of at least 4 members (excludes halogenated alkanes) is 3. The largest absolute Gasteiger partial charge is 0.370 e. The average Bonchev–Trinajstić information content (AvgIpc) is 1.89. The molecule has 9 heavy (non-hydrogen) atoms. The first-order valence-corrected chi connectivity index (χ1v) is 4.67. The predicted molar refractivity (Wildman–Crippen MR) is 43.9 cm³/mol. The molecule has 0 aromatic rings. The van der Waals surface area contributed by atoms with Gasteiger partial charge in [0.2, 0.25) is 0 Å². The normalized spacial score (nSPS) is 10.0. The highest BCUT2D eigenvalue weighted by Gasteiger charge is 1.85. The quantitative estimate of drug-likeness (QED) is 0.467. The van der Waals surface area contributed by atoms with Gasteiger partial charge in [-0.25, -0.2) is 0 Å². The van der Waals surface area contributed by atoms with Crippen LogP contribution in [0.2, 0.25) is 0 Å². The first-order valence-electron chi connectivity index (χ1n) is 3.55. The fourth-order valence-electron chi connectivity index (χ4n) is 0.685. The van der Waals surface area contributed by atoms with Crippen molar-refractivity contribution in [3.63, 3.8) is 0 Å². The monoisotopic (exact) mass is 194 g/mol. The third kappa shape index (κ3) is 8.44. The number of hydrogen-bond donors (Lipinski definition) is 0. The van der Waals surface area contributed by atoms with E-state index in [0.29, 0.717) is 5.52 Å². The zero-order valence-corrected chi connectivity index (χ0v) is 7.61. The first-order chi connectivity index (χ1) is 4.41. The Hall–Kier alpha value is 0.440.